The van der Waals surface area contributed by atoms with Gasteiger partial charge in [0.05, 0.1) is 11.4 Å². The summed E-state index contributed by atoms with van der Waals surface area (Å²) >= 11 is 9.35. The quantitative estimate of drug-likeness (QED) is 0.873. The van der Waals surface area contributed by atoms with Crippen LogP contribution >= 0.6 is 39.9 Å². The highest BCUT2D eigenvalue weighted by Crippen LogP contribution is 2.23. The molecule has 2 N–H and O–H groups in total. The van der Waals surface area contributed by atoms with E-state index in [0.717, 1.165) is 36.0 Å². The molecular formula is C13H17BrCl2N2O. The zero-order valence-electron chi connectivity index (χ0n) is 10.4. The molecule has 0 unspecified atom stereocenters. The van der Waals surface area contributed by atoms with Gasteiger partial charge < -0.3 is 10.6 Å². The molecule has 1 aliphatic heterocycles. The molecule has 19 heavy (non-hydrogen) atoms. The molecule has 0 aliphatic carbocycles. The topological polar surface area (TPSA) is 46.3 Å². The first-order chi connectivity index (χ1) is 8.56. The van der Waals surface area contributed by atoms with E-state index in [1.165, 1.54) is 0 Å². The van der Waals surface area contributed by atoms with Gasteiger partial charge in [-0.05, 0) is 46.5 Å². The zero-order valence-corrected chi connectivity index (χ0v) is 13.6. The van der Waals surface area contributed by atoms with Gasteiger partial charge in [0.1, 0.15) is 0 Å². The van der Waals surface area contributed by atoms with Crippen molar-refractivity contribution in [2.24, 2.45) is 5.73 Å². The Morgan fingerprint density at radius 3 is 2.63 bits per heavy atom. The summed E-state index contributed by atoms with van der Waals surface area (Å²) in [4.78, 5) is 14.0. The molecule has 2 rings (SSSR count). The van der Waals surface area contributed by atoms with Crippen LogP contribution in [0.1, 0.15) is 18.4 Å². The predicted octanol–water partition coefficient (Wildman–Crippen LogP) is 3.02. The number of hydrogen-bond acceptors (Lipinski definition) is 2. The minimum Gasteiger partial charge on any atom is -0.342 e. The van der Waals surface area contributed by atoms with Crippen molar-refractivity contribution in [2.75, 3.05) is 13.1 Å². The van der Waals surface area contributed by atoms with Gasteiger partial charge in [0.2, 0.25) is 5.91 Å². The van der Waals surface area contributed by atoms with Crippen molar-refractivity contribution in [3.8, 4) is 0 Å². The summed E-state index contributed by atoms with van der Waals surface area (Å²) in [6.07, 6.45) is 2.20. The Morgan fingerprint density at radius 1 is 1.42 bits per heavy atom. The molecule has 0 saturated carbocycles. The third-order valence-corrected chi connectivity index (χ3v) is 4.46. The van der Waals surface area contributed by atoms with E-state index < -0.39 is 0 Å². The van der Waals surface area contributed by atoms with Crippen LogP contribution in [0.4, 0.5) is 0 Å². The number of carbonyl (C=O) groups is 1. The highest BCUT2D eigenvalue weighted by atomic mass is 79.9. The average Bonchev–Trinajstić information content (AvgIpc) is 2.34. The van der Waals surface area contributed by atoms with Gasteiger partial charge in [0.25, 0.3) is 0 Å². The number of likely N-dealkylation sites (tertiary alicyclic amines) is 1. The third-order valence-electron chi connectivity index (χ3n) is 3.23. The van der Waals surface area contributed by atoms with E-state index >= 15 is 0 Å². The maximum absolute atomic E-state index is 12.1. The van der Waals surface area contributed by atoms with E-state index in [1.807, 2.05) is 23.1 Å². The molecule has 0 aromatic heterocycles. The van der Waals surface area contributed by atoms with Crippen LogP contribution in [0, 0.1) is 0 Å². The lowest BCUT2D eigenvalue weighted by Crippen LogP contribution is -2.43. The van der Waals surface area contributed by atoms with Crippen LogP contribution in [0.3, 0.4) is 0 Å². The van der Waals surface area contributed by atoms with Crippen molar-refractivity contribution in [3.63, 3.8) is 0 Å². The molecule has 1 amide bonds. The molecule has 1 saturated heterocycles. The number of nitrogens with zero attached hydrogens (tertiary/aromatic N) is 1. The molecular weight excluding hydrogens is 351 g/mol. The van der Waals surface area contributed by atoms with Gasteiger partial charge >= 0.3 is 0 Å². The maximum atomic E-state index is 12.1. The van der Waals surface area contributed by atoms with Gasteiger partial charge in [-0.3, -0.25) is 4.79 Å². The summed E-state index contributed by atoms with van der Waals surface area (Å²) in [6, 6.07) is 5.87. The first kappa shape index (κ1) is 16.8. The van der Waals surface area contributed by atoms with E-state index in [4.69, 9.17) is 17.3 Å². The van der Waals surface area contributed by atoms with Crippen LogP contribution < -0.4 is 5.73 Å². The molecule has 3 nitrogen and oxygen atoms in total. The fraction of sp³-hybridized carbons (Fsp3) is 0.462. The van der Waals surface area contributed by atoms with Crippen LogP contribution in [0.15, 0.2) is 22.7 Å². The Labute approximate surface area is 133 Å². The van der Waals surface area contributed by atoms with Gasteiger partial charge in [-0.15, -0.1) is 12.4 Å². The monoisotopic (exact) mass is 366 g/mol. The lowest BCUT2D eigenvalue weighted by Gasteiger charge is -2.30. The fourth-order valence-corrected chi connectivity index (χ4v) is 2.53. The number of halogens is 3. The lowest BCUT2D eigenvalue weighted by molar-refractivity contribution is -0.131. The first-order valence-electron chi connectivity index (χ1n) is 6.03. The largest absolute Gasteiger partial charge is 0.342 e. The molecule has 0 bridgehead atoms. The molecule has 1 heterocycles. The number of benzene rings is 1. The van der Waals surface area contributed by atoms with E-state index in [1.54, 1.807) is 0 Å². The second kappa shape index (κ2) is 7.48. The molecule has 1 aliphatic rings. The molecule has 1 aromatic carbocycles. The smallest absolute Gasteiger partial charge is 0.226 e. The van der Waals surface area contributed by atoms with Crippen molar-refractivity contribution in [3.05, 3.63) is 33.3 Å². The van der Waals surface area contributed by atoms with Crippen LogP contribution in [0.5, 0.6) is 0 Å². The molecule has 1 aromatic rings. The van der Waals surface area contributed by atoms with E-state index in [0.29, 0.717) is 11.4 Å². The summed E-state index contributed by atoms with van der Waals surface area (Å²) in [5, 5.41) is 0.640. The minimum atomic E-state index is 0. The van der Waals surface area contributed by atoms with E-state index in [-0.39, 0.29) is 24.4 Å². The summed E-state index contributed by atoms with van der Waals surface area (Å²) in [7, 11) is 0. The lowest BCUT2D eigenvalue weighted by atomic mass is 10.0. The normalized spacial score (nSPS) is 16.1. The number of amides is 1. The summed E-state index contributed by atoms with van der Waals surface area (Å²) in [5.41, 5.74) is 6.77. The summed E-state index contributed by atoms with van der Waals surface area (Å²) < 4.78 is 0.851. The first-order valence-corrected chi connectivity index (χ1v) is 7.20. The Kier molecular flexibility index (Phi) is 6.60. The summed E-state index contributed by atoms with van der Waals surface area (Å²) in [6.45, 7) is 1.54. The Hall–Kier alpha value is -0.290. The Balaban J connectivity index is 0.00000180. The molecule has 106 valence electrons. The number of hydrogen-bond donors (Lipinski definition) is 1. The minimum absolute atomic E-state index is 0. The zero-order chi connectivity index (χ0) is 13.1. The highest BCUT2D eigenvalue weighted by molar-refractivity contribution is 9.10. The SMILES string of the molecule is Cl.NC1CCN(C(=O)Cc2ccc(Br)c(Cl)c2)CC1. The van der Waals surface area contributed by atoms with Crippen molar-refractivity contribution in [1.82, 2.24) is 4.90 Å². The van der Waals surface area contributed by atoms with Crippen LogP contribution in [-0.4, -0.2) is 29.9 Å². The number of piperidine rings is 1. The van der Waals surface area contributed by atoms with Crippen molar-refractivity contribution in [1.29, 1.82) is 0 Å². The van der Waals surface area contributed by atoms with Crippen molar-refractivity contribution >= 4 is 45.8 Å². The molecule has 0 spiro atoms. The Morgan fingerprint density at radius 2 is 2.05 bits per heavy atom. The predicted molar refractivity (Wildman–Crippen MR) is 83.9 cm³/mol. The number of carbonyl (C=O) groups excluding carboxylic acids is 1. The van der Waals surface area contributed by atoms with E-state index in [2.05, 4.69) is 15.9 Å². The molecule has 0 atom stereocenters. The average molecular weight is 368 g/mol. The van der Waals surface area contributed by atoms with Gasteiger partial charge in [-0.1, -0.05) is 17.7 Å². The highest BCUT2D eigenvalue weighted by Gasteiger charge is 2.20. The molecule has 0 radical (unpaired) electrons. The fourth-order valence-electron chi connectivity index (χ4n) is 2.08. The third kappa shape index (κ3) is 4.63. The van der Waals surface area contributed by atoms with Crippen LogP contribution in [0.2, 0.25) is 5.02 Å². The standard InChI is InChI=1S/C13H16BrClN2O.ClH/c14-11-2-1-9(7-12(11)15)8-13(18)17-5-3-10(16)4-6-17;/h1-2,7,10H,3-6,8,16H2;1H. The summed E-state index contributed by atoms with van der Waals surface area (Å²) in [5.74, 6) is 0.153. The van der Waals surface area contributed by atoms with Gasteiger partial charge in [-0.25, -0.2) is 0 Å². The van der Waals surface area contributed by atoms with Crippen molar-refractivity contribution < 1.29 is 4.79 Å². The van der Waals surface area contributed by atoms with Gasteiger partial charge in [-0.2, -0.15) is 0 Å². The van der Waals surface area contributed by atoms with Crippen LogP contribution in [0.25, 0.3) is 0 Å². The van der Waals surface area contributed by atoms with Gasteiger partial charge in [0.15, 0.2) is 0 Å². The second-order valence-corrected chi connectivity index (χ2v) is 5.90. The molecule has 6 heteroatoms. The van der Waals surface area contributed by atoms with Gasteiger partial charge in [0, 0.05) is 23.6 Å². The number of nitrogens with two attached hydrogens (primary N) is 1. The van der Waals surface area contributed by atoms with E-state index in [9.17, 15) is 4.79 Å². The molecule has 1 fully saturated rings. The second-order valence-electron chi connectivity index (χ2n) is 4.64. The number of rotatable bonds is 2. The van der Waals surface area contributed by atoms with Crippen LogP contribution in [-0.2, 0) is 11.2 Å². The van der Waals surface area contributed by atoms with Crippen molar-refractivity contribution in [2.45, 2.75) is 25.3 Å². The Bertz CT molecular complexity index is 448. The maximum Gasteiger partial charge on any atom is 0.226 e.